The lowest BCUT2D eigenvalue weighted by atomic mass is 9.80. The highest BCUT2D eigenvalue weighted by molar-refractivity contribution is 5.36. The largest absolute Gasteiger partial charge is 0.352 e. The van der Waals surface area contributed by atoms with Gasteiger partial charge in [0.15, 0.2) is 5.82 Å². The van der Waals surface area contributed by atoms with Crippen molar-refractivity contribution >= 4 is 5.82 Å². The van der Waals surface area contributed by atoms with E-state index in [9.17, 15) is 4.79 Å². The average Bonchev–Trinajstić information content (AvgIpc) is 2.40. The van der Waals surface area contributed by atoms with Crippen LogP contribution in [0.2, 0.25) is 0 Å². The van der Waals surface area contributed by atoms with Crippen molar-refractivity contribution in [3.63, 3.8) is 0 Å². The maximum absolute atomic E-state index is 12.2. The van der Waals surface area contributed by atoms with Crippen LogP contribution in [0.25, 0.3) is 0 Å². The van der Waals surface area contributed by atoms with Crippen LogP contribution in [0.4, 0.5) is 5.82 Å². The van der Waals surface area contributed by atoms with E-state index >= 15 is 0 Å². The summed E-state index contributed by atoms with van der Waals surface area (Å²) in [5.41, 5.74) is 6.03. The maximum atomic E-state index is 12.2. The van der Waals surface area contributed by atoms with Gasteiger partial charge < -0.3 is 15.2 Å². The first-order valence-corrected chi connectivity index (χ1v) is 6.60. The minimum absolute atomic E-state index is 0.0105. The Morgan fingerprint density at radius 2 is 2.11 bits per heavy atom. The third kappa shape index (κ3) is 2.41. The molecular weight excluding hydrogens is 228 g/mol. The third-order valence-corrected chi connectivity index (χ3v) is 4.00. The fourth-order valence-electron chi connectivity index (χ4n) is 2.36. The molecule has 100 valence electrons. The van der Waals surface area contributed by atoms with Crippen molar-refractivity contribution < 1.29 is 0 Å². The van der Waals surface area contributed by atoms with Crippen molar-refractivity contribution in [3.8, 4) is 0 Å². The Hall–Kier alpha value is -1.36. The molecule has 0 atom stereocenters. The zero-order valence-electron chi connectivity index (χ0n) is 11.2. The zero-order valence-corrected chi connectivity index (χ0v) is 11.2. The summed E-state index contributed by atoms with van der Waals surface area (Å²) in [6.45, 7) is 7.30. The molecule has 2 heterocycles. The van der Waals surface area contributed by atoms with Gasteiger partial charge in [0.05, 0.1) is 0 Å². The lowest BCUT2D eigenvalue weighted by molar-refractivity contribution is 0.257. The summed E-state index contributed by atoms with van der Waals surface area (Å²) < 4.78 is 1.69. The number of aromatic nitrogens is 2. The second-order valence-electron chi connectivity index (χ2n) is 5.34. The van der Waals surface area contributed by atoms with Gasteiger partial charge in [-0.3, -0.25) is 4.79 Å². The van der Waals surface area contributed by atoms with Crippen LogP contribution >= 0.6 is 0 Å². The zero-order chi connectivity index (χ0) is 13.2. The summed E-state index contributed by atoms with van der Waals surface area (Å²) in [4.78, 5) is 18.5. The van der Waals surface area contributed by atoms with Crippen molar-refractivity contribution in [2.75, 3.05) is 24.5 Å². The molecule has 0 saturated carbocycles. The second kappa shape index (κ2) is 5.10. The van der Waals surface area contributed by atoms with Gasteiger partial charge in [0.25, 0.3) is 5.56 Å². The van der Waals surface area contributed by atoms with Gasteiger partial charge in [-0.25, -0.2) is 4.98 Å². The highest BCUT2D eigenvalue weighted by atomic mass is 16.1. The van der Waals surface area contributed by atoms with Gasteiger partial charge in [-0.15, -0.1) is 0 Å². The fourth-order valence-corrected chi connectivity index (χ4v) is 2.36. The van der Waals surface area contributed by atoms with E-state index in [0.717, 1.165) is 25.9 Å². The first-order chi connectivity index (χ1) is 8.59. The Kier molecular flexibility index (Phi) is 3.71. The van der Waals surface area contributed by atoms with Crippen molar-refractivity contribution in [1.29, 1.82) is 0 Å². The summed E-state index contributed by atoms with van der Waals surface area (Å²) in [6, 6.07) is 0. The molecule has 1 aromatic rings. The Bertz CT molecular complexity index is 460. The molecule has 1 saturated heterocycles. The summed E-state index contributed by atoms with van der Waals surface area (Å²) in [5.74, 6) is 0.582. The normalized spacial score (nSPS) is 18.9. The first-order valence-electron chi connectivity index (χ1n) is 6.60. The molecule has 0 unspecified atom stereocenters. The summed E-state index contributed by atoms with van der Waals surface area (Å²) in [6.07, 6.45) is 5.48. The highest BCUT2D eigenvalue weighted by Crippen LogP contribution is 2.30. The molecule has 1 fully saturated rings. The Balaban J connectivity index is 2.18. The number of hydrogen-bond acceptors (Lipinski definition) is 4. The van der Waals surface area contributed by atoms with Crippen LogP contribution in [0.5, 0.6) is 0 Å². The molecule has 5 heteroatoms. The number of piperidine rings is 1. The van der Waals surface area contributed by atoms with Crippen LogP contribution in [0.1, 0.15) is 26.7 Å². The first kappa shape index (κ1) is 13.1. The van der Waals surface area contributed by atoms with Gasteiger partial charge in [0, 0.05) is 32.0 Å². The van der Waals surface area contributed by atoms with Gasteiger partial charge in [0.2, 0.25) is 0 Å². The van der Waals surface area contributed by atoms with Gasteiger partial charge in [0.1, 0.15) is 0 Å². The molecule has 0 aliphatic carbocycles. The molecule has 1 aliphatic heterocycles. The average molecular weight is 250 g/mol. The van der Waals surface area contributed by atoms with E-state index in [4.69, 9.17) is 5.73 Å². The number of anilines is 1. The quantitative estimate of drug-likeness (QED) is 0.863. The SMILES string of the molecule is CCn1ccnc(N2CCC(C)(CN)CC2)c1=O. The number of hydrogen-bond donors (Lipinski definition) is 1. The van der Waals surface area contributed by atoms with E-state index in [1.807, 2.05) is 6.92 Å². The second-order valence-corrected chi connectivity index (χ2v) is 5.34. The molecule has 2 rings (SSSR count). The molecule has 5 nitrogen and oxygen atoms in total. The van der Waals surface area contributed by atoms with E-state index in [-0.39, 0.29) is 11.0 Å². The van der Waals surface area contributed by atoms with Crippen LogP contribution in [-0.4, -0.2) is 29.2 Å². The number of nitrogens with zero attached hydrogens (tertiary/aromatic N) is 3. The van der Waals surface area contributed by atoms with Crippen LogP contribution in [0.15, 0.2) is 17.2 Å². The molecule has 0 spiro atoms. The highest BCUT2D eigenvalue weighted by Gasteiger charge is 2.30. The van der Waals surface area contributed by atoms with Crippen LogP contribution in [-0.2, 0) is 6.54 Å². The van der Waals surface area contributed by atoms with Crippen molar-refractivity contribution in [2.24, 2.45) is 11.1 Å². The topological polar surface area (TPSA) is 64.2 Å². The lowest BCUT2D eigenvalue weighted by Crippen LogP contribution is -2.44. The van der Waals surface area contributed by atoms with Crippen molar-refractivity contribution in [1.82, 2.24) is 9.55 Å². The van der Waals surface area contributed by atoms with E-state index in [1.165, 1.54) is 0 Å². The molecule has 18 heavy (non-hydrogen) atoms. The Morgan fingerprint density at radius 3 is 2.67 bits per heavy atom. The Morgan fingerprint density at radius 1 is 1.44 bits per heavy atom. The smallest absolute Gasteiger partial charge is 0.293 e. The molecule has 0 bridgehead atoms. The van der Waals surface area contributed by atoms with Crippen LogP contribution < -0.4 is 16.2 Å². The van der Waals surface area contributed by atoms with E-state index in [2.05, 4.69) is 16.8 Å². The van der Waals surface area contributed by atoms with Crippen LogP contribution in [0, 0.1) is 5.41 Å². The molecule has 1 aromatic heterocycles. The van der Waals surface area contributed by atoms with Gasteiger partial charge in [-0.1, -0.05) is 6.92 Å². The van der Waals surface area contributed by atoms with E-state index < -0.39 is 0 Å². The minimum Gasteiger partial charge on any atom is -0.352 e. The summed E-state index contributed by atoms with van der Waals surface area (Å²) in [5, 5.41) is 0. The maximum Gasteiger partial charge on any atom is 0.293 e. The molecule has 2 N–H and O–H groups in total. The third-order valence-electron chi connectivity index (χ3n) is 4.00. The molecule has 0 amide bonds. The van der Waals surface area contributed by atoms with E-state index in [0.29, 0.717) is 18.9 Å². The fraction of sp³-hybridized carbons (Fsp3) is 0.692. The number of aryl methyl sites for hydroxylation is 1. The summed E-state index contributed by atoms with van der Waals surface area (Å²) in [7, 11) is 0. The van der Waals surface area contributed by atoms with Crippen molar-refractivity contribution in [3.05, 3.63) is 22.7 Å². The number of rotatable bonds is 3. The summed E-state index contributed by atoms with van der Waals surface area (Å²) >= 11 is 0. The standard InChI is InChI=1S/C13H22N4O/c1-3-16-9-6-15-11(12(16)18)17-7-4-13(2,10-14)5-8-17/h6,9H,3-5,7-8,10,14H2,1-2H3. The van der Waals surface area contributed by atoms with Gasteiger partial charge >= 0.3 is 0 Å². The van der Waals surface area contributed by atoms with Crippen molar-refractivity contribution in [2.45, 2.75) is 33.2 Å². The molecule has 0 aromatic carbocycles. The molecule has 1 aliphatic rings. The van der Waals surface area contributed by atoms with Gasteiger partial charge in [-0.05, 0) is 31.7 Å². The Labute approximate surface area is 108 Å². The van der Waals surface area contributed by atoms with Crippen LogP contribution in [0.3, 0.4) is 0 Å². The molecule has 0 radical (unpaired) electrons. The van der Waals surface area contributed by atoms with Gasteiger partial charge in [-0.2, -0.15) is 0 Å². The predicted molar refractivity (Wildman–Crippen MR) is 72.8 cm³/mol. The minimum atomic E-state index is 0.0105. The van der Waals surface area contributed by atoms with E-state index in [1.54, 1.807) is 17.0 Å². The predicted octanol–water partition coefficient (Wildman–Crippen LogP) is 0.828. The monoisotopic (exact) mass is 250 g/mol. The lowest BCUT2D eigenvalue weighted by Gasteiger charge is -2.38. The number of nitrogens with two attached hydrogens (primary N) is 1. The molecular formula is C13H22N4O.